The van der Waals surface area contributed by atoms with E-state index in [-0.39, 0.29) is 0 Å². The summed E-state index contributed by atoms with van der Waals surface area (Å²) in [5.74, 6) is 0. The van der Waals surface area contributed by atoms with Crippen LogP contribution in [0.1, 0.15) is 12.8 Å². The Hall–Kier alpha value is -0.340. The zero-order valence-electron chi connectivity index (χ0n) is 6.06. The van der Waals surface area contributed by atoms with Gasteiger partial charge in [0.2, 0.25) is 0 Å². The van der Waals surface area contributed by atoms with E-state index in [1.54, 1.807) is 0 Å². The summed E-state index contributed by atoms with van der Waals surface area (Å²) in [5, 5.41) is 3.06. The van der Waals surface area contributed by atoms with Gasteiger partial charge in [-0.3, -0.25) is 0 Å². The smallest absolute Gasteiger partial charge is 0.00173 e. The van der Waals surface area contributed by atoms with Gasteiger partial charge in [0.15, 0.2) is 0 Å². The van der Waals surface area contributed by atoms with Gasteiger partial charge >= 0.3 is 0 Å². The standard InChI is InChI=1S/C7H16N2/c1-9-7-5-3-2-4-6-8/h2-3,9H,4-8H2,1H3/b3-2-. The molecule has 0 amide bonds. The molecule has 0 unspecified atom stereocenters. The third-order valence-electron chi connectivity index (χ3n) is 1.06. The Morgan fingerprint density at radius 2 is 2.00 bits per heavy atom. The highest BCUT2D eigenvalue weighted by molar-refractivity contribution is 4.81. The van der Waals surface area contributed by atoms with E-state index in [9.17, 15) is 0 Å². The Morgan fingerprint density at radius 1 is 1.33 bits per heavy atom. The predicted octanol–water partition coefficient (Wildman–Crippen LogP) is 0.501. The van der Waals surface area contributed by atoms with E-state index < -0.39 is 0 Å². The van der Waals surface area contributed by atoms with Crippen molar-refractivity contribution in [3.05, 3.63) is 12.2 Å². The van der Waals surface area contributed by atoms with Crippen molar-refractivity contribution in [3.63, 3.8) is 0 Å². The monoisotopic (exact) mass is 128 g/mol. The summed E-state index contributed by atoms with van der Waals surface area (Å²) in [5.41, 5.74) is 5.28. The normalized spacial score (nSPS) is 10.9. The minimum absolute atomic E-state index is 0.760. The van der Waals surface area contributed by atoms with E-state index >= 15 is 0 Å². The molecule has 0 aliphatic heterocycles. The first-order valence-corrected chi connectivity index (χ1v) is 3.41. The summed E-state index contributed by atoms with van der Waals surface area (Å²) in [6.45, 7) is 1.82. The molecular formula is C7H16N2. The summed E-state index contributed by atoms with van der Waals surface area (Å²) in [7, 11) is 1.96. The molecule has 0 atom stereocenters. The van der Waals surface area contributed by atoms with Crippen molar-refractivity contribution in [1.82, 2.24) is 5.32 Å². The van der Waals surface area contributed by atoms with E-state index in [0.717, 1.165) is 25.9 Å². The quantitative estimate of drug-likeness (QED) is 0.418. The maximum Gasteiger partial charge on any atom is -0.00173 e. The van der Waals surface area contributed by atoms with Gasteiger partial charge in [-0.2, -0.15) is 0 Å². The van der Waals surface area contributed by atoms with Crippen LogP contribution in [0.15, 0.2) is 12.2 Å². The van der Waals surface area contributed by atoms with E-state index in [1.807, 2.05) is 7.05 Å². The van der Waals surface area contributed by atoms with Crippen LogP contribution < -0.4 is 11.1 Å². The number of nitrogens with two attached hydrogens (primary N) is 1. The highest BCUT2D eigenvalue weighted by Gasteiger charge is 1.75. The molecule has 0 bridgehead atoms. The molecule has 0 aliphatic rings. The molecule has 0 aliphatic carbocycles. The van der Waals surface area contributed by atoms with Gasteiger partial charge in [0.05, 0.1) is 0 Å². The Morgan fingerprint density at radius 3 is 2.56 bits per heavy atom. The molecule has 2 heteroatoms. The lowest BCUT2D eigenvalue weighted by Crippen LogP contribution is -2.05. The third kappa shape index (κ3) is 7.66. The molecule has 0 fully saturated rings. The van der Waals surface area contributed by atoms with Crippen LogP contribution in [0.2, 0.25) is 0 Å². The van der Waals surface area contributed by atoms with Crippen LogP contribution >= 0.6 is 0 Å². The van der Waals surface area contributed by atoms with E-state index in [0.29, 0.717) is 0 Å². The summed E-state index contributed by atoms with van der Waals surface area (Å²) in [4.78, 5) is 0. The molecule has 0 saturated carbocycles. The van der Waals surface area contributed by atoms with E-state index in [4.69, 9.17) is 5.73 Å². The van der Waals surface area contributed by atoms with Crippen LogP contribution in [0.3, 0.4) is 0 Å². The summed E-state index contributed by atoms with van der Waals surface area (Å²) in [6, 6.07) is 0. The molecule has 9 heavy (non-hydrogen) atoms. The number of nitrogens with one attached hydrogen (secondary N) is 1. The maximum absolute atomic E-state index is 5.28. The van der Waals surface area contributed by atoms with Crippen molar-refractivity contribution in [1.29, 1.82) is 0 Å². The molecule has 2 nitrogen and oxygen atoms in total. The van der Waals surface area contributed by atoms with E-state index in [1.165, 1.54) is 0 Å². The van der Waals surface area contributed by atoms with Crippen LogP contribution in [-0.2, 0) is 0 Å². The first-order chi connectivity index (χ1) is 4.41. The van der Waals surface area contributed by atoms with Crippen molar-refractivity contribution in [2.75, 3.05) is 20.1 Å². The van der Waals surface area contributed by atoms with Crippen LogP contribution in [0.25, 0.3) is 0 Å². The van der Waals surface area contributed by atoms with Crippen molar-refractivity contribution < 1.29 is 0 Å². The topological polar surface area (TPSA) is 38.0 Å². The van der Waals surface area contributed by atoms with Crippen LogP contribution in [0.4, 0.5) is 0 Å². The summed E-state index contributed by atoms with van der Waals surface area (Å²) < 4.78 is 0. The van der Waals surface area contributed by atoms with Gasteiger partial charge in [-0.1, -0.05) is 12.2 Å². The largest absolute Gasteiger partial charge is 0.330 e. The molecule has 54 valence electrons. The highest BCUT2D eigenvalue weighted by Crippen LogP contribution is 1.82. The fraction of sp³-hybridized carbons (Fsp3) is 0.714. The Kier molecular flexibility index (Phi) is 7.37. The lowest BCUT2D eigenvalue weighted by molar-refractivity contribution is 0.805. The fourth-order valence-electron chi connectivity index (χ4n) is 0.560. The average molecular weight is 128 g/mol. The molecule has 0 rings (SSSR count). The first kappa shape index (κ1) is 8.66. The second-order valence-electron chi connectivity index (χ2n) is 1.94. The Labute approximate surface area is 57.1 Å². The average Bonchev–Trinajstić information content (AvgIpc) is 1.89. The molecule has 0 spiro atoms. The van der Waals surface area contributed by atoms with Crippen molar-refractivity contribution in [3.8, 4) is 0 Å². The van der Waals surface area contributed by atoms with E-state index in [2.05, 4.69) is 17.5 Å². The van der Waals surface area contributed by atoms with Gasteiger partial charge in [0, 0.05) is 0 Å². The molecular weight excluding hydrogens is 112 g/mol. The van der Waals surface area contributed by atoms with Gasteiger partial charge in [-0.25, -0.2) is 0 Å². The van der Waals surface area contributed by atoms with Crippen LogP contribution in [0.5, 0.6) is 0 Å². The van der Waals surface area contributed by atoms with Crippen LogP contribution in [0, 0.1) is 0 Å². The van der Waals surface area contributed by atoms with Gasteiger partial charge in [-0.15, -0.1) is 0 Å². The second kappa shape index (κ2) is 7.66. The third-order valence-corrected chi connectivity index (χ3v) is 1.06. The molecule has 0 heterocycles. The zero-order chi connectivity index (χ0) is 6.95. The lowest BCUT2D eigenvalue weighted by Gasteiger charge is -1.90. The second-order valence-corrected chi connectivity index (χ2v) is 1.94. The van der Waals surface area contributed by atoms with Gasteiger partial charge in [0.1, 0.15) is 0 Å². The van der Waals surface area contributed by atoms with Crippen molar-refractivity contribution in [2.24, 2.45) is 5.73 Å². The number of hydrogen-bond acceptors (Lipinski definition) is 2. The van der Waals surface area contributed by atoms with Crippen LogP contribution in [-0.4, -0.2) is 20.1 Å². The zero-order valence-corrected chi connectivity index (χ0v) is 6.06. The molecule has 0 saturated heterocycles. The van der Waals surface area contributed by atoms with Gasteiger partial charge < -0.3 is 11.1 Å². The molecule has 0 aromatic carbocycles. The molecule has 3 N–H and O–H groups in total. The number of hydrogen-bond donors (Lipinski definition) is 2. The fourth-order valence-corrected chi connectivity index (χ4v) is 0.560. The highest BCUT2D eigenvalue weighted by atomic mass is 14.8. The Balaban J connectivity index is 2.86. The Bertz CT molecular complexity index is 69.3. The van der Waals surface area contributed by atoms with Crippen molar-refractivity contribution in [2.45, 2.75) is 12.8 Å². The van der Waals surface area contributed by atoms with Gasteiger partial charge in [0.25, 0.3) is 0 Å². The minimum Gasteiger partial charge on any atom is -0.330 e. The summed E-state index contributed by atoms with van der Waals surface area (Å²) >= 11 is 0. The maximum atomic E-state index is 5.28. The molecule has 0 aromatic rings. The van der Waals surface area contributed by atoms with Gasteiger partial charge in [-0.05, 0) is 33.0 Å². The SMILES string of the molecule is CNCC/C=C\CCN. The number of rotatable bonds is 5. The molecule has 0 aromatic heterocycles. The first-order valence-electron chi connectivity index (χ1n) is 3.41. The molecule has 0 radical (unpaired) electrons. The predicted molar refractivity (Wildman–Crippen MR) is 41.4 cm³/mol. The van der Waals surface area contributed by atoms with Crippen molar-refractivity contribution >= 4 is 0 Å². The lowest BCUT2D eigenvalue weighted by atomic mass is 10.3. The minimum atomic E-state index is 0.760. The summed E-state index contributed by atoms with van der Waals surface area (Å²) in [6.07, 6.45) is 6.39.